The molecule has 0 aliphatic carbocycles. The Hall–Kier alpha value is -1.53. The Morgan fingerprint density at radius 1 is 1.04 bits per heavy atom. The quantitative estimate of drug-likeness (QED) is 0.741. The van der Waals surface area contributed by atoms with Gasteiger partial charge in [-0.15, -0.1) is 11.8 Å². The molecule has 0 N–H and O–H groups in total. The monoisotopic (exact) mass is 376 g/mol. The second-order valence-corrected chi connectivity index (χ2v) is 8.17. The van der Waals surface area contributed by atoms with Crippen molar-refractivity contribution < 1.29 is 14.3 Å². The molecule has 3 rings (SSSR count). The summed E-state index contributed by atoms with van der Waals surface area (Å²) >= 11 is 1.73. The van der Waals surface area contributed by atoms with Gasteiger partial charge < -0.3 is 14.5 Å². The number of carbonyl (C=O) groups is 2. The van der Waals surface area contributed by atoms with Crippen molar-refractivity contribution in [1.82, 2.24) is 9.80 Å². The van der Waals surface area contributed by atoms with E-state index in [0.29, 0.717) is 45.8 Å². The van der Waals surface area contributed by atoms with Crippen molar-refractivity contribution in [2.45, 2.75) is 31.1 Å². The zero-order chi connectivity index (χ0) is 18.4. The number of rotatable bonds is 5. The summed E-state index contributed by atoms with van der Waals surface area (Å²) in [7, 11) is 0. The van der Waals surface area contributed by atoms with Crippen LogP contribution in [0.3, 0.4) is 0 Å². The summed E-state index contributed by atoms with van der Waals surface area (Å²) in [6.07, 6.45) is 2.13. The fourth-order valence-electron chi connectivity index (χ4n) is 3.47. The number of carbonyl (C=O) groups excluding carboxylic acids is 2. The zero-order valence-corrected chi connectivity index (χ0v) is 16.3. The second-order valence-electron chi connectivity index (χ2n) is 7.00. The van der Waals surface area contributed by atoms with Gasteiger partial charge in [0.15, 0.2) is 0 Å². The molecule has 2 amide bonds. The predicted molar refractivity (Wildman–Crippen MR) is 103 cm³/mol. The van der Waals surface area contributed by atoms with Crippen molar-refractivity contribution in [3.8, 4) is 0 Å². The number of likely N-dealkylation sites (tertiary alicyclic amines) is 1. The third-order valence-electron chi connectivity index (χ3n) is 5.13. The number of ether oxygens (including phenoxy) is 1. The summed E-state index contributed by atoms with van der Waals surface area (Å²) in [4.78, 5) is 30.0. The minimum atomic E-state index is 0.0686. The molecule has 2 fully saturated rings. The summed E-state index contributed by atoms with van der Waals surface area (Å²) in [6, 6.07) is 8.40. The molecule has 142 valence electrons. The lowest BCUT2D eigenvalue weighted by molar-refractivity contribution is -0.143. The molecule has 0 aromatic heterocycles. The number of nitrogens with zero attached hydrogens (tertiary/aromatic N) is 2. The molecule has 0 unspecified atom stereocenters. The molecule has 1 aromatic carbocycles. The van der Waals surface area contributed by atoms with Crippen molar-refractivity contribution in [3.63, 3.8) is 0 Å². The van der Waals surface area contributed by atoms with Gasteiger partial charge in [0.1, 0.15) is 0 Å². The number of piperidine rings is 1. The van der Waals surface area contributed by atoms with Crippen molar-refractivity contribution in [1.29, 1.82) is 0 Å². The van der Waals surface area contributed by atoms with Crippen LogP contribution in [0, 0.1) is 12.8 Å². The van der Waals surface area contributed by atoms with E-state index < -0.39 is 0 Å². The van der Waals surface area contributed by atoms with E-state index in [1.807, 2.05) is 9.80 Å². The highest BCUT2D eigenvalue weighted by atomic mass is 32.2. The van der Waals surface area contributed by atoms with E-state index in [1.165, 1.54) is 10.5 Å². The Morgan fingerprint density at radius 3 is 2.35 bits per heavy atom. The van der Waals surface area contributed by atoms with Crippen LogP contribution in [0.1, 0.15) is 24.8 Å². The fraction of sp³-hybridized carbons (Fsp3) is 0.600. The third-order valence-corrected chi connectivity index (χ3v) is 6.14. The second kappa shape index (κ2) is 9.42. The first kappa shape index (κ1) is 19.2. The van der Waals surface area contributed by atoms with Crippen LogP contribution in [0.25, 0.3) is 0 Å². The van der Waals surface area contributed by atoms with Gasteiger partial charge in [0.25, 0.3) is 0 Å². The first-order valence-electron chi connectivity index (χ1n) is 9.47. The average Bonchev–Trinajstić information content (AvgIpc) is 2.69. The van der Waals surface area contributed by atoms with Gasteiger partial charge in [0.05, 0.1) is 13.2 Å². The largest absolute Gasteiger partial charge is 0.378 e. The fourth-order valence-corrected chi connectivity index (χ4v) is 4.31. The van der Waals surface area contributed by atoms with Crippen LogP contribution in [0.5, 0.6) is 0 Å². The van der Waals surface area contributed by atoms with E-state index in [1.54, 1.807) is 11.8 Å². The summed E-state index contributed by atoms with van der Waals surface area (Å²) in [5.74, 6) is 1.32. The van der Waals surface area contributed by atoms with Gasteiger partial charge in [-0.1, -0.05) is 17.7 Å². The minimum Gasteiger partial charge on any atom is -0.378 e. The highest BCUT2D eigenvalue weighted by Gasteiger charge is 2.30. The van der Waals surface area contributed by atoms with Crippen molar-refractivity contribution in [2.24, 2.45) is 5.92 Å². The number of benzene rings is 1. The Morgan fingerprint density at radius 2 is 1.69 bits per heavy atom. The van der Waals surface area contributed by atoms with Crippen LogP contribution in [-0.4, -0.2) is 66.8 Å². The Kier molecular flexibility index (Phi) is 6.97. The first-order valence-corrected chi connectivity index (χ1v) is 10.5. The average molecular weight is 377 g/mol. The molecular weight excluding hydrogens is 348 g/mol. The molecule has 0 spiro atoms. The summed E-state index contributed by atoms with van der Waals surface area (Å²) in [6.45, 7) is 6.17. The molecule has 2 saturated heterocycles. The van der Waals surface area contributed by atoms with Crippen LogP contribution < -0.4 is 0 Å². The molecule has 6 heteroatoms. The molecule has 0 atom stereocenters. The van der Waals surface area contributed by atoms with Crippen LogP contribution in [-0.2, 0) is 14.3 Å². The molecule has 2 heterocycles. The van der Waals surface area contributed by atoms with Gasteiger partial charge >= 0.3 is 0 Å². The van der Waals surface area contributed by atoms with Gasteiger partial charge in [-0.3, -0.25) is 9.59 Å². The Bertz CT molecular complexity index is 606. The van der Waals surface area contributed by atoms with Gasteiger partial charge in [0, 0.05) is 49.2 Å². The number of hydrogen-bond donors (Lipinski definition) is 0. The zero-order valence-electron chi connectivity index (χ0n) is 15.5. The molecule has 0 bridgehead atoms. The minimum absolute atomic E-state index is 0.0686. The maximum Gasteiger partial charge on any atom is 0.225 e. The maximum atomic E-state index is 12.5. The van der Waals surface area contributed by atoms with Crippen LogP contribution >= 0.6 is 11.8 Å². The van der Waals surface area contributed by atoms with Crippen molar-refractivity contribution in [2.75, 3.05) is 45.1 Å². The van der Waals surface area contributed by atoms with Gasteiger partial charge in [-0.2, -0.15) is 0 Å². The molecule has 0 radical (unpaired) electrons. The summed E-state index contributed by atoms with van der Waals surface area (Å²) in [5.41, 5.74) is 1.25. The van der Waals surface area contributed by atoms with Gasteiger partial charge in [0.2, 0.25) is 11.8 Å². The summed E-state index contributed by atoms with van der Waals surface area (Å²) in [5, 5.41) is 0. The third kappa shape index (κ3) is 5.24. The van der Waals surface area contributed by atoms with Crippen molar-refractivity contribution in [3.05, 3.63) is 29.8 Å². The number of aryl methyl sites for hydroxylation is 1. The number of amides is 2. The molecule has 2 aliphatic heterocycles. The van der Waals surface area contributed by atoms with E-state index >= 15 is 0 Å². The van der Waals surface area contributed by atoms with E-state index in [4.69, 9.17) is 4.74 Å². The standard InChI is InChI=1S/C20H28N2O3S/c1-16-2-4-18(5-3-16)26-15-8-19(23)21-9-6-17(7-10-21)20(24)22-11-13-25-14-12-22/h2-5,17H,6-15H2,1H3. The van der Waals surface area contributed by atoms with Gasteiger partial charge in [-0.05, 0) is 31.9 Å². The summed E-state index contributed by atoms with van der Waals surface area (Å²) < 4.78 is 5.31. The maximum absolute atomic E-state index is 12.5. The van der Waals surface area contributed by atoms with Gasteiger partial charge in [-0.25, -0.2) is 0 Å². The Balaban J connectivity index is 1.37. The van der Waals surface area contributed by atoms with E-state index in [0.717, 1.165) is 18.6 Å². The lowest BCUT2D eigenvalue weighted by Gasteiger charge is -2.35. The van der Waals surface area contributed by atoms with Crippen LogP contribution in [0.2, 0.25) is 0 Å². The highest BCUT2D eigenvalue weighted by molar-refractivity contribution is 7.99. The van der Waals surface area contributed by atoms with Crippen LogP contribution in [0.4, 0.5) is 0 Å². The van der Waals surface area contributed by atoms with E-state index in [9.17, 15) is 9.59 Å². The van der Waals surface area contributed by atoms with E-state index in [2.05, 4.69) is 31.2 Å². The lowest BCUT2D eigenvalue weighted by atomic mass is 9.95. The first-order chi connectivity index (χ1) is 12.6. The topological polar surface area (TPSA) is 49.9 Å². The Labute approximate surface area is 160 Å². The van der Waals surface area contributed by atoms with E-state index in [-0.39, 0.29) is 17.7 Å². The predicted octanol–water partition coefficient (Wildman–Crippen LogP) is 2.57. The smallest absolute Gasteiger partial charge is 0.225 e. The highest BCUT2D eigenvalue weighted by Crippen LogP contribution is 2.23. The molecule has 26 heavy (non-hydrogen) atoms. The number of hydrogen-bond acceptors (Lipinski definition) is 4. The van der Waals surface area contributed by atoms with Crippen LogP contribution in [0.15, 0.2) is 29.2 Å². The molecule has 5 nitrogen and oxygen atoms in total. The van der Waals surface area contributed by atoms with Crippen molar-refractivity contribution >= 4 is 23.6 Å². The molecular formula is C20H28N2O3S. The molecule has 2 aliphatic rings. The number of morpholine rings is 1. The SMILES string of the molecule is Cc1ccc(SCCC(=O)N2CCC(C(=O)N3CCOCC3)CC2)cc1. The number of thioether (sulfide) groups is 1. The normalized spacial score (nSPS) is 18.8. The molecule has 0 saturated carbocycles. The lowest BCUT2D eigenvalue weighted by Crippen LogP contribution is -2.47. The molecule has 1 aromatic rings.